The average molecular weight is 275 g/mol. The van der Waals surface area contributed by atoms with Gasteiger partial charge in [-0.3, -0.25) is 4.79 Å². The Morgan fingerprint density at radius 1 is 1.40 bits per heavy atom. The van der Waals surface area contributed by atoms with Crippen LogP contribution in [0, 0.1) is 6.92 Å². The largest absolute Gasteiger partial charge is 0.492 e. The molecule has 20 heavy (non-hydrogen) atoms. The number of fused-ring (bicyclic) bond motifs is 2. The maximum Gasteiger partial charge on any atom is 0.304 e. The molecule has 0 aromatic heterocycles. The number of aliphatic carboxylic acids is 1. The number of benzene rings is 1. The van der Waals surface area contributed by atoms with Crippen molar-refractivity contribution in [3.8, 4) is 5.75 Å². The lowest BCUT2D eigenvalue weighted by atomic mass is 9.74. The van der Waals surface area contributed by atoms with Crippen LogP contribution in [0.2, 0.25) is 0 Å². The van der Waals surface area contributed by atoms with Gasteiger partial charge in [0, 0.05) is 17.5 Å². The summed E-state index contributed by atoms with van der Waals surface area (Å²) in [5, 5.41) is 8.76. The fourth-order valence-electron chi connectivity index (χ4n) is 3.35. The van der Waals surface area contributed by atoms with Crippen molar-refractivity contribution in [2.75, 3.05) is 26.2 Å². The molecule has 1 spiro atoms. The van der Waals surface area contributed by atoms with Gasteiger partial charge in [-0.25, -0.2) is 0 Å². The predicted octanol–water partition coefficient (Wildman–Crippen LogP) is 2.20. The highest BCUT2D eigenvalue weighted by atomic mass is 16.5. The summed E-state index contributed by atoms with van der Waals surface area (Å²) in [5.41, 5.74) is 2.74. The molecule has 1 N–H and O–H groups in total. The van der Waals surface area contributed by atoms with Crippen LogP contribution in [0.4, 0.5) is 0 Å². The smallest absolute Gasteiger partial charge is 0.304 e. The summed E-state index contributed by atoms with van der Waals surface area (Å²) in [5.74, 6) is 0.333. The van der Waals surface area contributed by atoms with Crippen molar-refractivity contribution in [2.24, 2.45) is 0 Å². The van der Waals surface area contributed by atoms with E-state index in [1.54, 1.807) is 0 Å². The van der Waals surface area contributed by atoms with E-state index in [9.17, 15) is 4.79 Å². The summed E-state index contributed by atoms with van der Waals surface area (Å²) >= 11 is 0. The van der Waals surface area contributed by atoms with Crippen LogP contribution in [0.5, 0.6) is 5.75 Å². The molecule has 0 bridgehead atoms. The van der Waals surface area contributed by atoms with Crippen LogP contribution in [-0.4, -0.2) is 42.2 Å². The van der Waals surface area contributed by atoms with Gasteiger partial charge < -0.3 is 14.7 Å². The second-order valence-corrected chi connectivity index (χ2v) is 6.05. The quantitative estimate of drug-likeness (QED) is 0.918. The van der Waals surface area contributed by atoms with Gasteiger partial charge in [0.2, 0.25) is 0 Å². The SMILES string of the molecule is Cc1ccc2c(c1)OCC21CCN(CCC(=O)O)CC1. The summed E-state index contributed by atoms with van der Waals surface area (Å²) in [6.45, 7) is 5.45. The second kappa shape index (κ2) is 5.09. The molecule has 1 saturated heterocycles. The minimum absolute atomic E-state index is 0.156. The van der Waals surface area contributed by atoms with Gasteiger partial charge in [-0.2, -0.15) is 0 Å². The Labute approximate surface area is 119 Å². The molecule has 0 radical (unpaired) electrons. The molecule has 1 aromatic rings. The first-order valence-corrected chi connectivity index (χ1v) is 7.27. The summed E-state index contributed by atoms with van der Waals surface area (Å²) in [4.78, 5) is 12.9. The Hall–Kier alpha value is -1.55. The Balaban J connectivity index is 1.68. The van der Waals surface area contributed by atoms with Gasteiger partial charge in [0.15, 0.2) is 0 Å². The molecule has 0 saturated carbocycles. The first-order chi connectivity index (χ1) is 9.59. The zero-order valence-electron chi connectivity index (χ0n) is 11.9. The number of likely N-dealkylation sites (tertiary alicyclic amines) is 1. The molecule has 0 atom stereocenters. The Bertz CT molecular complexity index is 518. The van der Waals surface area contributed by atoms with Crippen molar-refractivity contribution < 1.29 is 14.6 Å². The number of rotatable bonds is 3. The van der Waals surface area contributed by atoms with Crippen LogP contribution in [0.1, 0.15) is 30.4 Å². The number of ether oxygens (including phenoxy) is 1. The molecule has 3 rings (SSSR count). The van der Waals surface area contributed by atoms with Gasteiger partial charge in [-0.05, 0) is 44.5 Å². The zero-order valence-corrected chi connectivity index (χ0v) is 11.9. The van der Waals surface area contributed by atoms with Gasteiger partial charge >= 0.3 is 5.97 Å². The molecular formula is C16H21NO3. The van der Waals surface area contributed by atoms with E-state index in [2.05, 4.69) is 30.0 Å². The van der Waals surface area contributed by atoms with E-state index in [1.807, 2.05) is 0 Å². The molecule has 0 unspecified atom stereocenters. The summed E-state index contributed by atoms with van der Waals surface area (Å²) in [7, 11) is 0. The van der Waals surface area contributed by atoms with E-state index in [0.717, 1.165) is 38.3 Å². The maximum absolute atomic E-state index is 10.6. The van der Waals surface area contributed by atoms with Crippen LogP contribution < -0.4 is 4.74 Å². The van der Waals surface area contributed by atoms with E-state index in [4.69, 9.17) is 9.84 Å². The van der Waals surface area contributed by atoms with Crippen LogP contribution in [-0.2, 0) is 10.2 Å². The van der Waals surface area contributed by atoms with Gasteiger partial charge in [-0.1, -0.05) is 12.1 Å². The Morgan fingerprint density at radius 3 is 2.85 bits per heavy atom. The Kier molecular flexibility index (Phi) is 3.42. The summed E-state index contributed by atoms with van der Waals surface area (Å²) < 4.78 is 5.89. The van der Waals surface area contributed by atoms with E-state index in [1.165, 1.54) is 11.1 Å². The second-order valence-electron chi connectivity index (χ2n) is 6.05. The van der Waals surface area contributed by atoms with Crippen molar-refractivity contribution in [3.05, 3.63) is 29.3 Å². The number of carboxylic acid groups (broad SMARTS) is 1. The van der Waals surface area contributed by atoms with Crippen molar-refractivity contribution in [2.45, 2.75) is 31.6 Å². The molecule has 0 aliphatic carbocycles. The standard InChI is InChI=1S/C16H21NO3/c1-12-2-3-13-14(10-12)20-11-16(13)5-8-17(9-6-16)7-4-15(18)19/h2-3,10H,4-9,11H2,1H3,(H,18,19). The van der Waals surface area contributed by atoms with E-state index < -0.39 is 5.97 Å². The number of carboxylic acids is 1. The number of nitrogens with zero attached hydrogens (tertiary/aromatic N) is 1. The highest BCUT2D eigenvalue weighted by molar-refractivity contribution is 5.66. The highest BCUT2D eigenvalue weighted by Crippen LogP contribution is 2.45. The van der Waals surface area contributed by atoms with E-state index in [0.29, 0.717) is 6.54 Å². The fourth-order valence-corrected chi connectivity index (χ4v) is 3.35. The average Bonchev–Trinajstić information content (AvgIpc) is 2.76. The van der Waals surface area contributed by atoms with E-state index in [-0.39, 0.29) is 11.8 Å². The number of aryl methyl sites for hydroxylation is 1. The van der Waals surface area contributed by atoms with Crippen LogP contribution >= 0.6 is 0 Å². The summed E-state index contributed by atoms with van der Waals surface area (Å²) in [6, 6.07) is 6.50. The number of carbonyl (C=O) groups is 1. The van der Waals surface area contributed by atoms with Gasteiger partial charge in [0.05, 0.1) is 13.0 Å². The predicted molar refractivity (Wildman–Crippen MR) is 76.3 cm³/mol. The van der Waals surface area contributed by atoms with Gasteiger partial charge in [-0.15, -0.1) is 0 Å². The number of hydrogen-bond donors (Lipinski definition) is 1. The third-order valence-electron chi connectivity index (χ3n) is 4.67. The first kappa shape index (κ1) is 13.4. The third kappa shape index (κ3) is 2.40. The topological polar surface area (TPSA) is 49.8 Å². The molecule has 108 valence electrons. The Morgan fingerprint density at radius 2 is 2.15 bits per heavy atom. The highest BCUT2D eigenvalue weighted by Gasteiger charge is 2.42. The van der Waals surface area contributed by atoms with Crippen molar-refractivity contribution in [3.63, 3.8) is 0 Å². The molecule has 2 aliphatic rings. The monoisotopic (exact) mass is 275 g/mol. The lowest BCUT2D eigenvalue weighted by Gasteiger charge is -2.38. The lowest BCUT2D eigenvalue weighted by Crippen LogP contribution is -2.44. The lowest BCUT2D eigenvalue weighted by molar-refractivity contribution is -0.137. The first-order valence-electron chi connectivity index (χ1n) is 7.27. The van der Waals surface area contributed by atoms with Crippen LogP contribution in [0.15, 0.2) is 18.2 Å². The molecule has 1 aromatic carbocycles. The van der Waals surface area contributed by atoms with E-state index >= 15 is 0 Å². The van der Waals surface area contributed by atoms with Crippen molar-refractivity contribution >= 4 is 5.97 Å². The normalized spacial score (nSPS) is 20.6. The van der Waals surface area contributed by atoms with Crippen molar-refractivity contribution in [1.29, 1.82) is 0 Å². The number of hydrogen-bond acceptors (Lipinski definition) is 3. The van der Waals surface area contributed by atoms with Crippen LogP contribution in [0.3, 0.4) is 0 Å². The van der Waals surface area contributed by atoms with Gasteiger partial charge in [0.25, 0.3) is 0 Å². The maximum atomic E-state index is 10.6. The molecule has 2 heterocycles. The molecule has 1 fully saturated rings. The third-order valence-corrected chi connectivity index (χ3v) is 4.67. The van der Waals surface area contributed by atoms with Crippen molar-refractivity contribution in [1.82, 2.24) is 4.90 Å². The zero-order chi connectivity index (χ0) is 14.2. The fraction of sp³-hybridized carbons (Fsp3) is 0.562. The molecule has 4 heteroatoms. The van der Waals surface area contributed by atoms with Crippen LogP contribution in [0.25, 0.3) is 0 Å². The molecule has 2 aliphatic heterocycles. The molecule has 0 amide bonds. The minimum atomic E-state index is -0.713. The minimum Gasteiger partial charge on any atom is -0.492 e. The number of piperidine rings is 1. The van der Waals surface area contributed by atoms with Gasteiger partial charge in [0.1, 0.15) is 5.75 Å². The molecule has 4 nitrogen and oxygen atoms in total. The summed E-state index contributed by atoms with van der Waals surface area (Å²) in [6.07, 6.45) is 2.35. The molecular weight excluding hydrogens is 254 g/mol.